The van der Waals surface area contributed by atoms with Crippen molar-refractivity contribution in [1.29, 1.82) is 0 Å². The summed E-state index contributed by atoms with van der Waals surface area (Å²) in [6, 6.07) is 6.45. The van der Waals surface area contributed by atoms with Crippen molar-refractivity contribution in [2.24, 2.45) is 0 Å². The van der Waals surface area contributed by atoms with Gasteiger partial charge in [-0.2, -0.15) is 0 Å². The van der Waals surface area contributed by atoms with Crippen LogP contribution in [0.5, 0.6) is 5.75 Å². The zero-order valence-electron chi connectivity index (χ0n) is 16.7. The number of benzene rings is 1. The number of carbonyl (C=O) groups is 2. The number of amides is 2. The van der Waals surface area contributed by atoms with Gasteiger partial charge in [0.25, 0.3) is 0 Å². The molecular weight excluding hydrogens is 360 g/mol. The first-order valence-electron chi connectivity index (χ1n) is 9.55. The van der Waals surface area contributed by atoms with Crippen LogP contribution in [0, 0.1) is 0 Å². The zero-order chi connectivity index (χ0) is 20.1. The Balaban J connectivity index is 1.98. The summed E-state index contributed by atoms with van der Waals surface area (Å²) in [6.45, 7) is 6.51. The predicted octanol–water partition coefficient (Wildman–Crippen LogP) is 1.11. The Morgan fingerprint density at radius 3 is 2.61 bits per heavy atom. The standard InChI is InChI=1S/C20H28N4O4/c1-4-28-16-8-6-5-7-14(16)18-17(19(25)27-3)15(21-20(26)22-18)13-24-11-9-23(2)10-12-24/h5-8,18H,4,9-13H2,1-3H3,(H2,21,22,26). The second-order valence-electron chi connectivity index (χ2n) is 6.97. The van der Waals surface area contributed by atoms with Crippen LogP contribution in [-0.2, 0) is 9.53 Å². The van der Waals surface area contributed by atoms with Crippen molar-refractivity contribution in [1.82, 2.24) is 20.4 Å². The molecule has 0 saturated carbocycles. The number of nitrogens with one attached hydrogen (secondary N) is 2. The van der Waals surface area contributed by atoms with E-state index >= 15 is 0 Å². The van der Waals surface area contributed by atoms with E-state index in [9.17, 15) is 9.59 Å². The number of carbonyl (C=O) groups excluding carboxylic acids is 2. The van der Waals surface area contributed by atoms with Crippen molar-refractivity contribution in [3.8, 4) is 5.75 Å². The highest BCUT2D eigenvalue weighted by Crippen LogP contribution is 2.33. The van der Waals surface area contributed by atoms with Crippen LogP contribution in [0.4, 0.5) is 4.79 Å². The molecule has 3 rings (SSSR count). The molecule has 2 aliphatic heterocycles. The highest BCUT2D eigenvalue weighted by molar-refractivity contribution is 5.95. The smallest absolute Gasteiger partial charge is 0.338 e. The molecule has 1 atom stereocenters. The Bertz CT molecular complexity index is 756. The van der Waals surface area contributed by atoms with E-state index < -0.39 is 12.0 Å². The van der Waals surface area contributed by atoms with Crippen molar-refractivity contribution in [3.63, 3.8) is 0 Å². The third-order valence-corrected chi connectivity index (χ3v) is 5.07. The summed E-state index contributed by atoms with van der Waals surface area (Å²) >= 11 is 0. The maximum atomic E-state index is 12.7. The number of hydrogen-bond donors (Lipinski definition) is 2. The van der Waals surface area contributed by atoms with Gasteiger partial charge in [0.1, 0.15) is 5.75 Å². The molecule has 1 aromatic carbocycles. The molecule has 0 spiro atoms. The predicted molar refractivity (Wildman–Crippen MR) is 105 cm³/mol. The van der Waals surface area contributed by atoms with Gasteiger partial charge in [-0.3, -0.25) is 4.90 Å². The van der Waals surface area contributed by atoms with Crippen molar-refractivity contribution in [3.05, 3.63) is 41.1 Å². The number of methoxy groups -OCH3 is 1. The van der Waals surface area contributed by atoms with Crippen LogP contribution in [0.2, 0.25) is 0 Å². The largest absolute Gasteiger partial charge is 0.494 e. The lowest BCUT2D eigenvalue weighted by molar-refractivity contribution is -0.136. The molecule has 8 heteroatoms. The van der Waals surface area contributed by atoms with Gasteiger partial charge in [-0.15, -0.1) is 0 Å². The summed E-state index contributed by atoms with van der Waals surface area (Å²) in [5.74, 6) is 0.172. The Hall–Kier alpha value is -2.58. The molecule has 1 unspecified atom stereocenters. The van der Waals surface area contributed by atoms with E-state index in [0.29, 0.717) is 30.2 Å². The average Bonchev–Trinajstić information content (AvgIpc) is 2.69. The minimum Gasteiger partial charge on any atom is -0.494 e. The summed E-state index contributed by atoms with van der Waals surface area (Å²) < 4.78 is 10.8. The molecule has 2 N–H and O–H groups in total. The van der Waals surface area contributed by atoms with Crippen LogP contribution >= 0.6 is 0 Å². The number of piperazine rings is 1. The molecule has 1 fully saturated rings. The maximum absolute atomic E-state index is 12.7. The van der Waals surface area contributed by atoms with E-state index in [1.807, 2.05) is 31.2 Å². The Morgan fingerprint density at radius 2 is 1.93 bits per heavy atom. The number of ether oxygens (including phenoxy) is 2. The molecule has 0 aromatic heterocycles. The maximum Gasteiger partial charge on any atom is 0.338 e. The molecule has 2 amide bonds. The third-order valence-electron chi connectivity index (χ3n) is 5.07. The molecule has 8 nitrogen and oxygen atoms in total. The van der Waals surface area contributed by atoms with Crippen molar-refractivity contribution >= 4 is 12.0 Å². The van der Waals surface area contributed by atoms with Gasteiger partial charge in [0, 0.05) is 44.0 Å². The molecule has 1 aromatic rings. The van der Waals surface area contributed by atoms with Crippen LogP contribution in [0.25, 0.3) is 0 Å². The van der Waals surface area contributed by atoms with Crippen LogP contribution in [-0.4, -0.2) is 75.3 Å². The van der Waals surface area contributed by atoms with Gasteiger partial charge in [-0.1, -0.05) is 18.2 Å². The molecule has 1 saturated heterocycles. The van der Waals surface area contributed by atoms with E-state index in [2.05, 4.69) is 27.5 Å². The molecule has 0 aliphatic carbocycles. The topological polar surface area (TPSA) is 83.1 Å². The second-order valence-corrected chi connectivity index (χ2v) is 6.97. The first-order valence-corrected chi connectivity index (χ1v) is 9.55. The first-order chi connectivity index (χ1) is 13.5. The molecule has 152 valence electrons. The summed E-state index contributed by atoms with van der Waals surface area (Å²) in [4.78, 5) is 29.6. The number of nitrogens with zero attached hydrogens (tertiary/aromatic N) is 2. The van der Waals surface area contributed by atoms with Crippen LogP contribution in [0.1, 0.15) is 18.5 Å². The van der Waals surface area contributed by atoms with E-state index in [-0.39, 0.29) is 6.03 Å². The van der Waals surface area contributed by atoms with E-state index in [1.165, 1.54) is 7.11 Å². The minimum absolute atomic E-state index is 0.340. The lowest BCUT2D eigenvalue weighted by Gasteiger charge is -2.35. The van der Waals surface area contributed by atoms with Gasteiger partial charge < -0.3 is 25.0 Å². The van der Waals surface area contributed by atoms with Crippen molar-refractivity contribution in [2.45, 2.75) is 13.0 Å². The van der Waals surface area contributed by atoms with Gasteiger partial charge in [-0.05, 0) is 20.0 Å². The fraction of sp³-hybridized carbons (Fsp3) is 0.500. The minimum atomic E-state index is -0.633. The second kappa shape index (κ2) is 9.07. The Labute approximate surface area is 165 Å². The van der Waals surface area contributed by atoms with Gasteiger partial charge in [-0.25, -0.2) is 9.59 Å². The summed E-state index contributed by atoms with van der Waals surface area (Å²) in [5.41, 5.74) is 1.72. The quantitative estimate of drug-likeness (QED) is 0.711. The van der Waals surface area contributed by atoms with E-state index in [1.54, 1.807) is 0 Å². The zero-order valence-corrected chi connectivity index (χ0v) is 16.7. The van der Waals surface area contributed by atoms with Gasteiger partial charge >= 0.3 is 12.0 Å². The summed E-state index contributed by atoms with van der Waals surface area (Å²) in [5, 5.41) is 5.68. The SMILES string of the molecule is CCOc1ccccc1C1NC(=O)NC(CN2CCN(C)CC2)=C1C(=O)OC. The van der Waals surface area contributed by atoms with Crippen LogP contribution in [0.15, 0.2) is 35.5 Å². The third kappa shape index (κ3) is 4.45. The van der Waals surface area contributed by atoms with E-state index in [0.717, 1.165) is 31.7 Å². The number of hydrogen-bond acceptors (Lipinski definition) is 6. The average molecular weight is 388 g/mol. The molecule has 0 bridgehead atoms. The normalized spacial score (nSPS) is 21.1. The molecule has 2 heterocycles. The first kappa shape index (κ1) is 20.2. The number of rotatable bonds is 6. The highest BCUT2D eigenvalue weighted by atomic mass is 16.5. The monoisotopic (exact) mass is 388 g/mol. The molecule has 28 heavy (non-hydrogen) atoms. The Kier molecular flexibility index (Phi) is 6.53. The number of esters is 1. The van der Waals surface area contributed by atoms with Gasteiger partial charge in [0.2, 0.25) is 0 Å². The number of urea groups is 1. The van der Waals surface area contributed by atoms with Gasteiger partial charge in [0.15, 0.2) is 0 Å². The van der Waals surface area contributed by atoms with E-state index in [4.69, 9.17) is 9.47 Å². The fourth-order valence-electron chi connectivity index (χ4n) is 3.56. The molecule has 0 radical (unpaired) electrons. The van der Waals surface area contributed by atoms with Gasteiger partial charge in [0.05, 0.1) is 25.3 Å². The lowest BCUT2D eigenvalue weighted by Crippen LogP contribution is -2.51. The summed E-state index contributed by atoms with van der Waals surface area (Å²) in [7, 11) is 3.44. The molecule has 2 aliphatic rings. The summed E-state index contributed by atoms with van der Waals surface area (Å²) in [6.07, 6.45) is 0. The number of likely N-dealkylation sites (N-methyl/N-ethyl adjacent to an activating group) is 1. The molecular formula is C20H28N4O4. The lowest BCUT2D eigenvalue weighted by atomic mass is 9.94. The number of para-hydroxylation sites is 1. The van der Waals surface area contributed by atoms with Crippen LogP contribution < -0.4 is 15.4 Å². The Morgan fingerprint density at radius 1 is 1.21 bits per heavy atom. The van der Waals surface area contributed by atoms with Crippen LogP contribution in [0.3, 0.4) is 0 Å². The fourth-order valence-corrected chi connectivity index (χ4v) is 3.56. The van der Waals surface area contributed by atoms with Crippen molar-refractivity contribution < 1.29 is 19.1 Å². The highest BCUT2D eigenvalue weighted by Gasteiger charge is 2.35. The van der Waals surface area contributed by atoms with Crippen molar-refractivity contribution in [2.75, 3.05) is 53.5 Å².